The summed E-state index contributed by atoms with van der Waals surface area (Å²) in [6.45, 7) is 5.09. The standard InChI is InChI=1S/C28H24N2O8S/c1-5-13-38-27(35)24-15(2)29-28(39-24)30-21(16-9-11-17(12-10-16)26(34)37-4)20(23(32)25(30)33)22(31)18-7-6-8-19(14-18)36-3/h5-12,14,21,31H,1,13H2,2-4H3. The molecule has 1 aromatic heterocycles. The third-order valence-electron chi connectivity index (χ3n) is 5.94. The van der Waals surface area contributed by atoms with E-state index in [0.717, 1.165) is 16.2 Å². The molecule has 4 rings (SSSR count). The zero-order valence-corrected chi connectivity index (χ0v) is 22.1. The summed E-state index contributed by atoms with van der Waals surface area (Å²) in [4.78, 5) is 57.0. The molecule has 3 aromatic rings. The molecule has 39 heavy (non-hydrogen) atoms. The number of ether oxygens (including phenoxy) is 3. The highest BCUT2D eigenvalue weighted by atomic mass is 32.1. The first kappa shape index (κ1) is 27.3. The second kappa shape index (κ2) is 11.3. The number of hydrogen-bond donors (Lipinski definition) is 1. The quantitative estimate of drug-likeness (QED) is 0.144. The first-order chi connectivity index (χ1) is 18.7. The monoisotopic (exact) mass is 548 g/mol. The van der Waals surface area contributed by atoms with Crippen molar-refractivity contribution in [2.75, 3.05) is 25.7 Å². The average Bonchev–Trinajstić information content (AvgIpc) is 3.47. The Hall–Kier alpha value is -4.77. The minimum absolute atomic E-state index is 0.0108. The third kappa shape index (κ3) is 5.16. The molecule has 2 heterocycles. The number of aryl methyl sites for hydroxylation is 1. The highest BCUT2D eigenvalue weighted by Gasteiger charge is 2.48. The molecule has 0 radical (unpaired) electrons. The van der Waals surface area contributed by atoms with Gasteiger partial charge in [-0.05, 0) is 36.8 Å². The fourth-order valence-corrected chi connectivity index (χ4v) is 5.05. The smallest absolute Gasteiger partial charge is 0.350 e. The van der Waals surface area contributed by atoms with Crippen LogP contribution in [0.25, 0.3) is 5.76 Å². The molecule has 0 bridgehead atoms. The minimum atomic E-state index is -1.12. The summed E-state index contributed by atoms with van der Waals surface area (Å²) >= 11 is 0.881. The van der Waals surface area contributed by atoms with E-state index in [-0.39, 0.29) is 33.3 Å². The molecule has 1 amide bonds. The number of hydrogen-bond acceptors (Lipinski definition) is 10. The molecule has 1 fully saturated rings. The van der Waals surface area contributed by atoms with Gasteiger partial charge in [-0.3, -0.25) is 14.5 Å². The lowest BCUT2D eigenvalue weighted by Gasteiger charge is -2.23. The van der Waals surface area contributed by atoms with Crippen molar-refractivity contribution in [3.8, 4) is 5.75 Å². The zero-order valence-electron chi connectivity index (χ0n) is 21.3. The van der Waals surface area contributed by atoms with Crippen molar-refractivity contribution < 1.29 is 38.5 Å². The topological polar surface area (TPSA) is 132 Å². The molecule has 10 nitrogen and oxygen atoms in total. The van der Waals surface area contributed by atoms with E-state index in [1.54, 1.807) is 37.3 Å². The normalized spacial score (nSPS) is 16.2. The number of aliphatic hydroxyl groups is 1. The van der Waals surface area contributed by atoms with Crippen molar-refractivity contribution in [1.82, 2.24) is 4.98 Å². The molecule has 200 valence electrons. The number of thiazole rings is 1. The van der Waals surface area contributed by atoms with Crippen LogP contribution in [0.15, 0.2) is 66.8 Å². The van der Waals surface area contributed by atoms with E-state index in [1.165, 1.54) is 38.5 Å². The summed E-state index contributed by atoms with van der Waals surface area (Å²) in [7, 11) is 2.71. The van der Waals surface area contributed by atoms with Gasteiger partial charge in [-0.15, -0.1) is 0 Å². The van der Waals surface area contributed by atoms with Gasteiger partial charge in [0, 0.05) is 5.56 Å². The maximum absolute atomic E-state index is 13.4. The number of anilines is 1. The van der Waals surface area contributed by atoms with Gasteiger partial charge in [-0.1, -0.05) is 48.3 Å². The predicted octanol–water partition coefficient (Wildman–Crippen LogP) is 4.22. The van der Waals surface area contributed by atoms with Crippen LogP contribution in [0.3, 0.4) is 0 Å². The lowest BCUT2D eigenvalue weighted by molar-refractivity contribution is -0.132. The van der Waals surface area contributed by atoms with Gasteiger partial charge in [0.1, 0.15) is 23.0 Å². The van der Waals surface area contributed by atoms with Gasteiger partial charge in [0.15, 0.2) is 5.13 Å². The van der Waals surface area contributed by atoms with E-state index in [2.05, 4.69) is 11.6 Å². The van der Waals surface area contributed by atoms with E-state index < -0.39 is 35.4 Å². The van der Waals surface area contributed by atoms with Gasteiger partial charge in [-0.25, -0.2) is 14.6 Å². The second-order valence-corrected chi connectivity index (χ2v) is 9.29. The van der Waals surface area contributed by atoms with Gasteiger partial charge in [0.2, 0.25) is 0 Å². The largest absolute Gasteiger partial charge is 0.507 e. The third-order valence-corrected chi connectivity index (χ3v) is 7.08. The molecular formula is C28H24N2O8S. The van der Waals surface area contributed by atoms with Crippen LogP contribution in [0.5, 0.6) is 5.75 Å². The van der Waals surface area contributed by atoms with Gasteiger partial charge in [0.25, 0.3) is 5.78 Å². The molecule has 1 unspecified atom stereocenters. The summed E-state index contributed by atoms with van der Waals surface area (Å²) in [6.07, 6.45) is 1.42. The average molecular weight is 549 g/mol. The van der Waals surface area contributed by atoms with E-state index in [4.69, 9.17) is 14.2 Å². The Morgan fingerprint density at radius 2 is 1.82 bits per heavy atom. The number of carbonyl (C=O) groups excluding carboxylic acids is 4. The molecule has 1 aliphatic rings. The first-order valence-electron chi connectivity index (χ1n) is 11.6. The number of amides is 1. The molecular weight excluding hydrogens is 524 g/mol. The number of ketones is 1. The van der Waals surface area contributed by atoms with Crippen LogP contribution >= 0.6 is 11.3 Å². The van der Waals surface area contributed by atoms with Crippen molar-refractivity contribution in [2.45, 2.75) is 13.0 Å². The molecule has 1 saturated heterocycles. The fourth-order valence-electron chi connectivity index (χ4n) is 4.07. The van der Waals surface area contributed by atoms with Crippen molar-refractivity contribution in [3.05, 3.63) is 94.0 Å². The highest BCUT2D eigenvalue weighted by Crippen LogP contribution is 2.44. The minimum Gasteiger partial charge on any atom is -0.507 e. The van der Waals surface area contributed by atoms with Crippen LogP contribution in [0.1, 0.15) is 42.9 Å². The van der Waals surface area contributed by atoms with Crippen LogP contribution < -0.4 is 9.64 Å². The number of aliphatic hydroxyl groups excluding tert-OH is 1. The number of rotatable bonds is 8. The number of nitrogens with zero attached hydrogens (tertiary/aromatic N) is 2. The van der Waals surface area contributed by atoms with Crippen LogP contribution in [-0.4, -0.2) is 54.5 Å². The van der Waals surface area contributed by atoms with Crippen LogP contribution in [0.4, 0.5) is 5.13 Å². The number of aromatic nitrogens is 1. The van der Waals surface area contributed by atoms with Crippen LogP contribution in [0.2, 0.25) is 0 Å². The Bertz CT molecular complexity index is 1510. The number of benzene rings is 2. The molecule has 1 atom stereocenters. The van der Waals surface area contributed by atoms with E-state index in [1.807, 2.05) is 0 Å². The van der Waals surface area contributed by atoms with Crippen LogP contribution in [0, 0.1) is 6.92 Å². The van der Waals surface area contributed by atoms with Crippen molar-refractivity contribution >= 4 is 45.9 Å². The highest BCUT2D eigenvalue weighted by molar-refractivity contribution is 7.17. The lowest BCUT2D eigenvalue weighted by atomic mass is 9.94. The maximum Gasteiger partial charge on any atom is 0.350 e. The molecule has 11 heteroatoms. The first-order valence-corrected chi connectivity index (χ1v) is 12.4. The Balaban J connectivity index is 1.89. The SMILES string of the molecule is C=CCOC(=O)c1sc(N2C(=O)C(=O)C(=C(O)c3cccc(OC)c3)C2c2ccc(C(=O)OC)cc2)nc1C. The fraction of sp³-hybridized carbons (Fsp3) is 0.179. The zero-order chi connectivity index (χ0) is 28.3. The number of esters is 2. The Labute approximate surface area is 227 Å². The Kier molecular flexibility index (Phi) is 7.91. The number of methoxy groups -OCH3 is 2. The summed E-state index contributed by atoms with van der Waals surface area (Å²) in [6, 6.07) is 11.4. The maximum atomic E-state index is 13.4. The Morgan fingerprint density at radius 3 is 2.46 bits per heavy atom. The summed E-state index contributed by atoms with van der Waals surface area (Å²) in [5, 5.41) is 11.4. The van der Waals surface area contributed by atoms with Gasteiger partial charge in [0.05, 0.1) is 37.1 Å². The van der Waals surface area contributed by atoms with Crippen LogP contribution in [-0.2, 0) is 19.1 Å². The van der Waals surface area contributed by atoms with Crippen molar-refractivity contribution in [2.24, 2.45) is 0 Å². The summed E-state index contributed by atoms with van der Waals surface area (Å²) in [5.74, 6) is -3.09. The predicted molar refractivity (Wildman–Crippen MR) is 143 cm³/mol. The molecule has 1 N–H and O–H groups in total. The summed E-state index contributed by atoms with van der Waals surface area (Å²) < 4.78 is 15.1. The molecule has 0 saturated carbocycles. The number of carbonyl (C=O) groups is 4. The van der Waals surface area contributed by atoms with Gasteiger partial charge >= 0.3 is 17.8 Å². The van der Waals surface area contributed by atoms with E-state index >= 15 is 0 Å². The van der Waals surface area contributed by atoms with E-state index in [9.17, 15) is 24.3 Å². The molecule has 0 aliphatic carbocycles. The van der Waals surface area contributed by atoms with Crippen molar-refractivity contribution in [3.63, 3.8) is 0 Å². The molecule has 2 aromatic carbocycles. The Morgan fingerprint density at radius 1 is 1.10 bits per heavy atom. The second-order valence-electron chi connectivity index (χ2n) is 8.31. The molecule has 0 spiro atoms. The van der Waals surface area contributed by atoms with Gasteiger partial charge in [-0.2, -0.15) is 0 Å². The van der Waals surface area contributed by atoms with Gasteiger partial charge < -0.3 is 19.3 Å². The lowest BCUT2D eigenvalue weighted by Crippen LogP contribution is -2.29. The summed E-state index contributed by atoms with van der Waals surface area (Å²) in [5.41, 5.74) is 1.03. The molecule has 1 aliphatic heterocycles. The van der Waals surface area contributed by atoms with Crippen molar-refractivity contribution in [1.29, 1.82) is 0 Å². The van der Waals surface area contributed by atoms with E-state index in [0.29, 0.717) is 17.0 Å². The number of Topliss-reactive ketones (excluding diaryl/α,β-unsaturated/α-hetero) is 1.